The Morgan fingerprint density at radius 1 is 1.26 bits per heavy atom. The molecular weight excluding hydrogens is 344 g/mol. The van der Waals surface area contributed by atoms with Gasteiger partial charge in [-0.05, 0) is 31.0 Å². The highest BCUT2D eigenvalue weighted by atomic mass is 16.5. The quantitative estimate of drug-likeness (QED) is 0.877. The number of ether oxygens (including phenoxy) is 2. The van der Waals surface area contributed by atoms with E-state index in [2.05, 4.69) is 10.2 Å². The highest BCUT2D eigenvalue weighted by Crippen LogP contribution is 2.44. The summed E-state index contributed by atoms with van der Waals surface area (Å²) in [5.74, 6) is 1.02. The number of likely N-dealkylation sites (tertiary alicyclic amines) is 1. The number of carbonyl (C=O) groups is 1. The lowest BCUT2D eigenvalue weighted by Crippen LogP contribution is -2.52. The van der Waals surface area contributed by atoms with Gasteiger partial charge in [-0.2, -0.15) is 0 Å². The summed E-state index contributed by atoms with van der Waals surface area (Å²) in [7, 11) is 1.74. The van der Waals surface area contributed by atoms with Crippen LogP contribution in [0.3, 0.4) is 0 Å². The van der Waals surface area contributed by atoms with E-state index in [-0.39, 0.29) is 17.6 Å². The minimum atomic E-state index is -0.237. The first-order chi connectivity index (χ1) is 13.2. The lowest BCUT2D eigenvalue weighted by atomic mass is 9.80. The minimum absolute atomic E-state index is 0.0851. The summed E-state index contributed by atoms with van der Waals surface area (Å²) in [6, 6.07) is 11.3. The predicted octanol–water partition coefficient (Wildman–Crippen LogP) is 3.01. The summed E-state index contributed by atoms with van der Waals surface area (Å²) < 4.78 is 16.9. The lowest BCUT2D eigenvalue weighted by Gasteiger charge is -2.47. The minimum Gasteiger partial charge on any atom is -0.487 e. The van der Waals surface area contributed by atoms with Gasteiger partial charge in [0, 0.05) is 38.7 Å². The van der Waals surface area contributed by atoms with Crippen molar-refractivity contribution in [2.24, 2.45) is 0 Å². The molecule has 144 valence electrons. The summed E-state index contributed by atoms with van der Waals surface area (Å²) in [6.07, 6.45) is 4.18. The molecule has 1 aromatic carbocycles. The number of methoxy groups -OCH3 is 1. The molecule has 2 aliphatic heterocycles. The SMILES string of the molecule is COCCN1CCC2(CC1)CC(NC(=O)c1ccco1)c1ccccc1O2. The molecule has 2 aromatic rings. The molecule has 1 amide bonds. The second-order valence-corrected chi connectivity index (χ2v) is 7.36. The fraction of sp³-hybridized carbons (Fsp3) is 0.476. The lowest BCUT2D eigenvalue weighted by molar-refractivity contribution is -0.0281. The van der Waals surface area contributed by atoms with Gasteiger partial charge in [0.25, 0.3) is 5.91 Å². The third-order valence-corrected chi connectivity index (χ3v) is 5.63. The molecular formula is C21H26N2O4. The summed E-state index contributed by atoms with van der Waals surface area (Å²) in [5, 5.41) is 3.15. The maximum absolute atomic E-state index is 12.6. The van der Waals surface area contributed by atoms with E-state index in [1.165, 1.54) is 6.26 Å². The molecule has 0 bridgehead atoms. The molecule has 1 saturated heterocycles. The Balaban J connectivity index is 1.51. The van der Waals surface area contributed by atoms with E-state index in [9.17, 15) is 4.79 Å². The normalized spacial score (nSPS) is 21.4. The van der Waals surface area contributed by atoms with Crippen LogP contribution in [-0.2, 0) is 4.74 Å². The zero-order valence-corrected chi connectivity index (χ0v) is 15.6. The van der Waals surface area contributed by atoms with Gasteiger partial charge in [-0.25, -0.2) is 0 Å². The summed E-state index contributed by atoms with van der Waals surface area (Å²) in [6.45, 7) is 3.65. The molecule has 6 nitrogen and oxygen atoms in total. The highest BCUT2D eigenvalue weighted by Gasteiger charge is 2.43. The summed E-state index contributed by atoms with van der Waals surface area (Å²) in [5.41, 5.74) is 0.795. The second kappa shape index (κ2) is 7.74. The van der Waals surface area contributed by atoms with Crippen molar-refractivity contribution in [3.05, 3.63) is 54.0 Å². The molecule has 0 saturated carbocycles. The fourth-order valence-electron chi connectivity index (χ4n) is 4.09. The first kappa shape index (κ1) is 18.1. The van der Waals surface area contributed by atoms with Crippen molar-refractivity contribution < 1.29 is 18.7 Å². The molecule has 1 fully saturated rings. The molecule has 6 heteroatoms. The monoisotopic (exact) mass is 370 g/mol. The Bertz CT molecular complexity index is 766. The largest absolute Gasteiger partial charge is 0.487 e. The molecule has 1 atom stereocenters. The van der Waals surface area contributed by atoms with E-state index >= 15 is 0 Å². The van der Waals surface area contributed by atoms with Crippen LogP contribution in [-0.4, -0.2) is 49.8 Å². The van der Waals surface area contributed by atoms with E-state index in [4.69, 9.17) is 13.9 Å². The number of furan rings is 1. The van der Waals surface area contributed by atoms with Crippen molar-refractivity contribution in [1.29, 1.82) is 0 Å². The number of carbonyl (C=O) groups excluding carboxylic acids is 1. The van der Waals surface area contributed by atoms with Gasteiger partial charge < -0.3 is 24.1 Å². The molecule has 1 spiro atoms. The van der Waals surface area contributed by atoms with Gasteiger partial charge in [0.15, 0.2) is 5.76 Å². The predicted molar refractivity (Wildman–Crippen MR) is 101 cm³/mol. The number of benzene rings is 1. The van der Waals surface area contributed by atoms with Gasteiger partial charge in [-0.15, -0.1) is 0 Å². The number of para-hydroxylation sites is 1. The smallest absolute Gasteiger partial charge is 0.287 e. The topological polar surface area (TPSA) is 63.9 Å². The van der Waals surface area contributed by atoms with E-state index in [1.54, 1.807) is 19.2 Å². The molecule has 1 unspecified atom stereocenters. The number of amides is 1. The van der Waals surface area contributed by atoms with E-state index in [0.29, 0.717) is 5.76 Å². The fourth-order valence-corrected chi connectivity index (χ4v) is 4.09. The maximum atomic E-state index is 12.6. The van der Waals surface area contributed by atoms with E-state index in [0.717, 1.165) is 56.8 Å². The zero-order valence-electron chi connectivity index (χ0n) is 15.6. The van der Waals surface area contributed by atoms with Gasteiger partial charge in [0.2, 0.25) is 0 Å². The Labute approximate surface area is 159 Å². The van der Waals surface area contributed by atoms with Crippen LogP contribution in [0, 0.1) is 0 Å². The van der Waals surface area contributed by atoms with Crippen LogP contribution in [0.1, 0.15) is 41.4 Å². The first-order valence-corrected chi connectivity index (χ1v) is 9.53. The first-order valence-electron chi connectivity index (χ1n) is 9.53. The molecule has 27 heavy (non-hydrogen) atoms. The van der Waals surface area contributed by atoms with Crippen molar-refractivity contribution in [2.75, 3.05) is 33.4 Å². The second-order valence-electron chi connectivity index (χ2n) is 7.36. The maximum Gasteiger partial charge on any atom is 0.287 e. The van der Waals surface area contributed by atoms with Crippen LogP contribution in [0.25, 0.3) is 0 Å². The third-order valence-electron chi connectivity index (χ3n) is 5.63. The van der Waals surface area contributed by atoms with Crippen LogP contribution >= 0.6 is 0 Å². The average molecular weight is 370 g/mol. The van der Waals surface area contributed by atoms with Crippen LogP contribution < -0.4 is 10.1 Å². The molecule has 4 rings (SSSR count). The average Bonchev–Trinajstić information content (AvgIpc) is 3.23. The van der Waals surface area contributed by atoms with Gasteiger partial charge in [-0.1, -0.05) is 18.2 Å². The molecule has 1 N–H and O–H groups in total. The number of piperidine rings is 1. The van der Waals surface area contributed by atoms with Crippen molar-refractivity contribution in [3.8, 4) is 5.75 Å². The Hall–Kier alpha value is -2.31. The number of nitrogens with one attached hydrogen (secondary N) is 1. The molecule has 0 aliphatic carbocycles. The van der Waals surface area contributed by atoms with E-state index in [1.807, 2.05) is 24.3 Å². The molecule has 3 heterocycles. The standard InChI is InChI=1S/C21H26N2O4/c1-25-14-12-23-10-8-21(9-11-23)15-17(16-5-2-3-6-18(16)27-21)22-20(24)19-7-4-13-26-19/h2-7,13,17H,8-12,14-15H2,1H3,(H,22,24). The molecule has 1 aromatic heterocycles. The van der Waals surface area contributed by atoms with Gasteiger partial charge >= 0.3 is 0 Å². The van der Waals surface area contributed by atoms with E-state index < -0.39 is 0 Å². The Morgan fingerprint density at radius 3 is 2.81 bits per heavy atom. The number of hydrogen-bond donors (Lipinski definition) is 1. The number of hydrogen-bond acceptors (Lipinski definition) is 5. The van der Waals surface area contributed by atoms with Crippen LogP contribution in [0.15, 0.2) is 47.1 Å². The highest BCUT2D eigenvalue weighted by molar-refractivity contribution is 5.91. The number of fused-ring (bicyclic) bond motifs is 1. The van der Waals surface area contributed by atoms with Crippen LogP contribution in [0.5, 0.6) is 5.75 Å². The zero-order chi connectivity index (χ0) is 18.7. The Morgan fingerprint density at radius 2 is 2.07 bits per heavy atom. The van der Waals surface area contributed by atoms with Crippen LogP contribution in [0.4, 0.5) is 0 Å². The third kappa shape index (κ3) is 3.87. The van der Waals surface area contributed by atoms with Crippen molar-refractivity contribution in [2.45, 2.75) is 30.9 Å². The van der Waals surface area contributed by atoms with Crippen molar-refractivity contribution in [1.82, 2.24) is 10.2 Å². The molecule has 2 aliphatic rings. The van der Waals surface area contributed by atoms with Crippen molar-refractivity contribution >= 4 is 5.91 Å². The number of rotatable bonds is 5. The van der Waals surface area contributed by atoms with Crippen LogP contribution in [0.2, 0.25) is 0 Å². The van der Waals surface area contributed by atoms with Gasteiger partial charge in [-0.3, -0.25) is 4.79 Å². The number of nitrogens with zero attached hydrogens (tertiary/aromatic N) is 1. The van der Waals surface area contributed by atoms with Crippen molar-refractivity contribution in [3.63, 3.8) is 0 Å². The summed E-state index contributed by atoms with van der Waals surface area (Å²) >= 11 is 0. The summed E-state index contributed by atoms with van der Waals surface area (Å²) in [4.78, 5) is 15.0. The molecule has 0 radical (unpaired) electrons. The van der Waals surface area contributed by atoms with Gasteiger partial charge in [0.1, 0.15) is 11.4 Å². The Kier molecular flexibility index (Phi) is 5.18. The van der Waals surface area contributed by atoms with Gasteiger partial charge in [0.05, 0.1) is 18.9 Å².